The van der Waals surface area contributed by atoms with Gasteiger partial charge in [-0.25, -0.2) is 0 Å². The summed E-state index contributed by atoms with van der Waals surface area (Å²) in [6.45, 7) is 6.21. The molecule has 24 heavy (non-hydrogen) atoms. The zero-order chi connectivity index (χ0) is 16.6. The first-order valence-corrected chi connectivity index (χ1v) is 10.4. The van der Waals surface area contributed by atoms with Gasteiger partial charge < -0.3 is 15.5 Å². The predicted molar refractivity (Wildman–Crippen MR) is 98.0 cm³/mol. The van der Waals surface area contributed by atoms with Crippen molar-refractivity contribution in [3.05, 3.63) is 22.4 Å². The maximum Gasteiger partial charge on any atom is 0.226 e. The molecule has 0 aromatic carbocycles. The molecule has 4 nitrogen and oxygen atoms in total. The average Bonchev–Trinajstić information content (AvgIpc) is 3.04. The fourth-order valence-corrected chi connectivity index (χ4v) is 5.40. The van der Waals surface area contributed by atoms with E-state index in [1.165, 1.54) is 24.8 Å². The highest BCUT2D eigenvalue weighted by Gasteiger charge is 2.58. The van der Waals surface area contributed by atoms with Crippen molar-refractivity contribution in [2.75, 3.05) is 19.6 Å². The Morgan fingerprint density at radius 2 is 2.21 bits per heavy atom. The first-order valence-electron chi connectivity index (χ1n) is 9.44. The lowest BCUT2D eigenvalue weighted by Crippen LogP contribution is -2.46. The minimum absolute atomic E-state index is 0.208. The van der Waals surface area contributed by atoms with Crippen LogP contribution in [0.3, 0.4) is 0 Å². The van der Waals surface area contributed by atoms with E-state index in [4.69, 9.17) is 0 Å². The van der Waals surface area contributed by atoms with Gasteiger partial charge in [-0.3, -0.25) is 4.79 Å². The Morgan fingerprint density at radius 1 is 1.38 bits per heavy atom. The topological polar surface area (TPSA) is 44.4 Å². The SMILES string of the molecule is C[C@H]1C[C@@H](C(=O)N(Cc2ccsc2)C2CC23CCNCC3)CCN1. The van der Waals surface area contributed by atoms with E-state index in [0.717, 1.165) is 39.0 Å². The second-order valence-corrected chi connectivity index (χ2v) is 8.79. The number of hydrogen-bond acceptors (Lipinski definition) is 4. The molecule has 1 aromatic rings. The third-order valence-corrected chi connectivity index (χ3v) is 7.04. The van der Waals surface area contributed by atoms with E-state index in [2.05, 4.69) is 39.3 Å². The van der Waals surface area contributed by atoms with E-state index in [1.54, 1.807) is 11.3 Å². The Morgan fingerprint density at radius 3 is 2.92 bits per heavy atom. The highest BCUT2D eigenvalue weighted by molar-refractivity contribution is 7.07. The van der Waals surface area contributed by atoms with Crippen LogP contribution in [0.5, 0.6) is 0 Å². The Kier molecular flexibility index (Phi) is 4.67. The summed E-state index contributed by atoms with van der Waals surface area (Å²) in [5.41, 5.74) is 1.71. The van der Waals surface area contributed by atoms with Crippen molar-refractivity contribution in [1.29, 1.82) is 0 Å². The van der Waals surface area contributed by atoms with Gasteiger partial charge in [-0.1, -0.05) is 0 Å². The number of nitrogens with zero attached hydrogens (tertiary/aromatic N) is 1. The molecule has 1 aromatic heterocycles. The largest absolute Gasteiger partial charge is 0.335 e. The minimum Gasteiger partial charge on any atom is -0.335 e. The van der Waals surface area contributed by atoms with Crippen molar-refractivity contribution in [2.24, 2.45) is 11.3 Å². The zero-order valence-electron chi connectivity index (χ0n) is 14.6. The van der Waals surface area contributed by atoms with Crippen molar-refractivity contribution >= 4 is 17.2 Å². The number of carbonyl (C=O) groups is 1. The van der Waals surface area contributed by atoms with Crippen molar-refractivity contribution in [2.45, 2.75) is 57.7 Å². The molecule has 5 heteroatoms. The van der Waals surface area contributed by atoms with Gasteiger partial charge >= 0.3 is 0 Å². The maximum absolute atomic E-state index is 13.4. The number of thiophene rings is 1. The summed E-state index contributed by atoms with van der Waals surface area (Å²) in [7, 11) is 0. The van der Waals surface area contributed by atoms with Crippen molar-refractivity contribution in [1.82, 2.24) is 15.5 Å². The zero-order valence-corrected chi connectivity index (χ0v) is 15.4. The van der Waals surface area contributed by atoms with Crippen LogP contribution in [-0.4, -0.2) is 42.5 Å². The van der Waals surface area contributed by atoms with Gasteiger partial charge in [-0.05, 0) is 86.5 Å². The van der Waals surface area contributed by atoms with Crippen molar-refractivity contribution in [3.8, 4) is 0 Å². The van der Waals surface area contributed by atoms with Crippen LogP contribution in [-0.2, 0) is 11.3 Å². The van der Waals surface area contributed by atoms with E-state index in [0.29, 0.717) is 23.4 Å². The fraction of sp³-hybridized carbons (Fsp3) is 0.737. The third-order valence-electron chi connectivity index (χ3n) is 6.31. The molecule has 1 spiro atoms. The quantitative estimate of drug-likeness (QED) is 0.880. The summed E-state index contributed by atoms with van der Waals surface area (Å²) < 4.78 is 0. The molecule has 3 aliphatic rings. The molecule has 4 rings (SSSR count). The number of hydrogen-bond donors (Lipinski definition) is 2. The second-order valence-electron chi connectivity index (χ2n) is 8.01. The summed E-state index contributed by atoms with van der Waals surface area (Å²) in [5.74, 6) is 0.620. The lowest BCUT2D eigenvalue weighted by molar-refractivity contribution is -0.138. The van der Waals surface area contributed by atoms with E-state index < -0.39 is 0 Å². The average molecular weight is 348 g/mol. The molecule has 132 valence electrons. The van der Waals surface area contributed by atoms with Crippen LogP contribution in [0.1, 0.15) is 44.6 Å². The number of rotatable bonds is 4. The first-order chi connectivity index (χ1) is 11.7. The molecule has 2 N–H and O–H groups in total. The molecule has 3 atom stereocenters. The summed E-state index contributed by atoms with van der Waals surface area (Å²) in [5, 5.41) is 11.3. The van der Waals surface area contributed by atoms with Gasteiger partial charge in [0.25, 0.3) is 0 Å². The first kappa shape index (κ1) is 16.6. The van der Waals surface area contributed by atoms with E-state index in [1.807, 2.05) is 0 Å². The van der Waals surface area contributed by atoms with Gasteiger partial charge in [0, 0.05) is 24.5 Å². The van der Waals surface area contributed by atoms with Gasteiger partial charge in [-0.15, -0.1) is 0 Å². The summed E-state index contributed by atoms with van der Waals surface area (Å²) in [6, 6.07) is 3.10. The Balaban J connectivity index is 1.51. The smallest absolute Gasteiger partial charge is 0.226 e. The van der Waals surface area contributed by atoms with Gasteiger partial charge in [-0.2, -0.15) is 11.3 Å². The number of nitrogens with one attached hydrogen (secondary N) is 2. The number of carbonyl (C=O) groups excluding carboxylic acids is 1. The van der Waals surface area contributed by atoms with Crippen molar-refractivity contribution < 1.29 is 4.79 Å². The van der Waals surface area contributed by atoms with Crippen LogP contribution < -0.4 is 10.6 Å². The van der Waals surface area contributed by atoms with Crippen LogP contribution >= 0.6 is 11.3 Å². The van der Waals surface area contributed by atoms with Gasteiger partial charge in [0.1, 0.15) is 0 Å². The molecular weight excluding hydrogens is 318 g/mol. The molecule has 2 saturated heterocycles. The Hall–Kier alpha value is -0.910. The molecule has 3 fully saturated rings. The number of amides is 1. The lowest BCUT2D eigenvalue weighted by atomic mass is 9.90. The van der Waals surface area contributed by atoms with Crippen LogP contribution in [0.25, 0.3) is 0 Å². The molecule has 0 radical (unpaired) electrons. The van der Waals surface area contributed by atoms with Crippen LogP contribution in [0.2, 0.25) is 0 Å². The highest BCUT2D eigenvalue weighted by Crippen LogP contribution is 2.56. The lowest BCUT2D eigenvalue weighted by Gasteiger charge is -2.34. The molecule has 1 amide bonds. The predicted octanol–water partition coefficient (Wildman–Crippen LogP) is 2.61. The maximum atomic E-state index is 13.4. The van der Waals surface area contributed by atoms with Crippen molar-refractivity contribution in [3.63, 3.8) is 0 Å². The highest BCUT2D eigenvalue weighted by atomic mass is 32.1. The number of piperidine rings is 2. The normalized spacial score (nSPS) is 31.8. The van der Waals surface area contributed by atoms with Gasteiger partial charge in [0.05, 0.1) is 0 Å². The molecule has 1 saturated carbocycles. The molecular formula is C19H29N3OS. The van der Waals surface area contributed by atoms with Gasteiger partial charge in [0.15, 0.2) is 0 Å². The van der Waals surface area contributed by atoms with Gasteiger partial charge in [0.2, 0.25) is 5.91 Å². The standard InChI is InChI=1S/C19H29N3OS/c1-14-10-16(2-6-21-14)18(23)22(12-15-3-9-24-13-15)17-11-19(17)4-7-20-8-5-19/h3,9,13-14,16-17,20-21H,2,4-8,10-12H2,1H3/t14-,16-,17?/m0/s1. The van der Waals surface area contributed by atoms with E-state index in [-0.39, 0.29) is 5.92 Å². The fourth-order valence-electron chi connectivity index (χ4n) is 4.74. The molecule has 0 bridgehead atoms. The minimum atomic E-state index is 0.208. The summed E-state index contributed by atoms with van der Waals surface area (Å²) in [4.78, 5) is 15.6. The molecule has 3 heterocycles. The van der Waals surface area contributed by atoms with Crippen LogP contribution in [0.15, 0.2) is 16.8 Å². The van der Waals surface area contributed by atoms with E-state index >= 15 is 0 Å². The Bertz CT molecular complexity index is 567. The second kappa shape index (κ2) is 6.77. The molecule has 1 aliphatic carbocycles. The molecule has 2 aliphatic heterocycles. The van der Waals surface area contributed by atoms with Crippen LogP contribution in [0, 0.1) is 11.3 Å². The molecule has 1 unspecified atom stereocenters. The van der Waals surface area contributed by atoms with E-state index in [9.17, 15) is 4.79 Å². The third kappa shape index (κ3) is 3.26. The monoisotopic (exact) mass is 347 g/mol. The summed E-state index contributed by atoms with van der Waals surface area (Å²) >= 11 is 1.73. The Labute approximate surface area is 149 Å². The summed E-state index contributed by atoms with van der Waals surface area (Å²) in [6.07, 6.45) is 5.65. The van der Waals surface area contributed by atoms with Crippen LogP contribution in [0.4, 0.5) is 0 Å².